The zero-order valence-corrected chi connectivity index (χ0v) is 32.1. The highest BCUT2D eigenvalue weighted by molar-refractivity contribution is 6.88. The van der Waals surface area contributed by atoms with Crippen LogP contribution in [0.3, 0.4) is 0 Å². The molecule has 1 N–H and O–H groups in total. The number of hydrogen-bond acceptors (Lipinski definition) is 0. The summed E-state index contributed by atoms with van der Waals surface area (Å²) in [5.74, 6) is 0. The Morgan fingerprint density at radius 3 is 1.16 bits per heavy atom. The summed E-state index contributed by atoms with van der Waals surface area (Å²) in [5, 5.41) is 7.45. The third-order valence-corrected chi connectivity index (χ3v) is 12.1. The summed E-state index contributed by atoms with van der Waals surface area (Å²) >= 11 is 26.1. The quantitative estimate of drug-likeness (QED) is 0.169. The lowest BCUT2D eigenvalue weighted by molar-refractivity contribution is 1.31. The Bertz CT molecular complexity index is 2990. The number of nitrogens with one attached hydrogen (secondary N) is 1. The first-order valence-electron chi connectivity index (χ1n) is 18.1. The van der Waals surface area contributed by atoms with Crippen LogP contribution in [-0.4, -0.2) is 16.3 Å². The number of aromatic nitrogens is 2. The van der Waals surface area contributed by atoms with E-state index in [9.17, 15) is 0 Å². The van der Waals surface area contributed by atoms with Crippen molar-refractivity contribution < 1.29 is 0 Å². The molecule has 0 aliphatic carbocycles. The van der Waals surface area contributed by atoms with E-state index in [1.807, 2.05) is 60.7 Å². The first kappa shape index (κ1) is 33.0. The summed E-state index contributed by atoms with van der Waals surface area (Å²) in [6, 6.07) is 54.4. The van der Waals surface area contributed by atoms with Gasteiger partial charge in [-0.05, 0) is 81.7 Å². The van der Waals surface area contributed by atoms with Crippen molar-refractivity contribution in [2.24, 2.45) is 0 Å². The Kier molecular flexibility index (Phi) is 7.53. The first-order chi connectivity index (χ1) is 26.9. The molecular weight excluding hydrogens is 757 g/mol. The van der Waals surface area contributed by atoms with Gasteiger partial charge in [0.1, 0.15) is 0 Å². The lowest BCUT2D eigenvalue weighted by Gasteiger charge is -2.32. The minimum absolute atomic E-state index is 0.162. The summed E-state index contributed by atoms with van der Waals surface area (Å²) < 4.78 is 2.51. The van der Waals surface area contributed by atoms with E-state index in [0.29, 0.717) is 10.0 Å². The molecule has 0 spiro atoms. The molecule has 2 nitrogen and oxygen atoms in total. The van der Waals surface area contributed by atoms with E-state index in [-0.39, 0.29) is 6.85 Å². The minimum Gasteiger partial charge on any atom is -0.375 e. The first-order valence-corrected chi connectivity index (χ1v) is 19.6. The monoisotopic (exact) mass is 782 g/mol. The minimum atomic E-state index is 0.162. The number of H-pyrrole nitrogens is 1. The van der Waals surface area contributed by atoms with E-state index in [1.165, 1.54) is 55.0 Å². The van der Waals surface area contributed by atoms with E-state index < -0.39 is 0 Å². The molecule has 0 fully saturated rings. The summed E-state index contributed by atoms with van der Waals surface area (Å²) in [6.45, 7) is 0.162. The highest BCUT2D eigenvalue weighted by Crippen LogP contribution is 2.46. The fourth-order valence-electron chi connectivity index (χ4n) is 9.04. The highest BCUT2D eigenvalue weighted by atomic mass is 35.5. The average molecular weight is 784 g/mol. The van der Waals surface area contributed by atoms with E-state index in [4.69, 9.17) is 46.4 Å². The van der Waals surface area contributed by atoms with Crippen LogP contribution in [0.25, 0.3) is 88.1 Å². The summed E-state index contributed by atoms with van der Waals surface area (Å²) in [7, 11) is 0. The van der Waals surface area contributed by atoms with Crippen LogP contribution in [0.15, 0.2) is 158 Å². The number of halogens is 4. The molecule has 8 aromatic carbocycles. The third kappa shape index (κ3) is 5.04. The van der Waals surface area contributed by atoms with Gasteiger partial charge in [-0.3, -0.25) is 0 Å². The van der Waals surface area contributed by atoms with Crippen LogP contribution in [0.5, 0.6) is 0 Å². The zero-order valence-electron chi connectivity index (χ0n) is 29.0. The number of nitrogens with zero attached hydrogens (tertiary/aromatic N) is 1. The maximum atomic E-state index is 6.58. The van der Waals surface area contributed by atoms with Crippen molar-refractivity contribution in [2.45, 2.75) is 0 Å². The van der Waals surface area contributed by atoms with Crippen LogP contribution in [0.2, 0.25) is 20.1 Å². The van der Waals surface area contributed by atoms with Crippen molar-refractivity contribution in [3.05, 3.63) is 178 Å². The fraction of sp³-hybridized carbons (Fsp3) is 0. The summed E-state index contributed by atoms with van der Waals surface area (Å²) in [4.78, 5) is 3.65. The van der Waals surface area contributed by atoms with Gasteiger partial charge in [-0.2, -0.15) is 0 Å². The molecule has 0 bridgehead atoms. The van der Waals surface area contributed by atoms with Crippen molar-refractivity contribution in [3.63, 3.8) is 0 Å². The maximum absolute atomic E-state index is 6.58. The normalized spacial score (nSPS) is 12.3. The fourth-order valence-corrected chi connectivity index (χ4v) is 9.91. The van der Waals surface area contributed by atoms with Gasteiger partial charge in [0.05, 0.1) is 11.0 Å². The van der Waals surface area contributed by atoms with Crippen LogP contribution >= 0.6 is 46.4 Å². The van der Waals surface area contributed by atoms with E-state index >= 15 is 0 Å². The van der Waals surface area contributed by atoms with Crippen molar-refractivity contribution in [1.82, 2.24) is 9.46 Å². The molecule has 0 radical (unpaired) electrons. The second-order valence-corrected chi connectivity index (χ2v) is 16.0. The lowest BCUT2D eigenvalue weighted by atomic mass is 9.45. The van der Waals surface area contributed by atoms with Crippen molar-refractivity contribution in [3.8, 4) is 44.5 Å². The van der Waals surface area contributed by atoms with Gasteiger partial charge in [0.25, 0.3) is 0 Å². The molecule has 2 aromatic heterocycles. The second kappa shape index (κ2) is 12.6. The van der Waals surface area contributed by atoms with E-state index in [1.54, 1.807) is 0 Å². The Hall–Kier alpha value is -5.42. The molecule has 260 valence electrons. The topological polar surface area (TPSA) is 20.7 Å². The third-order valence-electron chi connectivity index (χ3n) is 11.2. The molecule has 0 unspecified atom stereocenters. The van der Waals surface area contributed by atoms with Gasteiger partial charge in [0, 0.05) is 74.9 Å². The van der Waals surface area contributed by atoms with Crippen LogP contribution in [-0.2, 0) is 0 Å². The van der Waals surface area contributed by atoms with Crippen LogP contribution in [0.4, 0.5) is 0 Å². The van der Waals surface area contributed by atoms with Crippen LogP contribution in [0.1, 0.15) is 0 Å². The predicted octanol–water partition coefficient (Wildman–Crippen LogP) is 13.7. The van der Waals surface area contributed by atoms with Gasteiger partial charge in [0.2, 0.25) is 0 Å². The van der Waals surface area contributed by atoms with E-state index in [2.05, 4.69) is 107 Å². The Balaban J connectivity index is 0.000000128. The molecular formula is C48H27BCl4N2. The zero-order chi connectivity index (χ0) is 36.9. The Labute approximate surface area is 337 Å². The van der Waals surface area contributed by atoms with Gasteiger partial charge in [-0.1, -0.05) is 156 Å². The highest BCUT2D eigenvalue weighted by Gasteiger charge is 2.39. The molecule has 12 rings (SSSR count). The van der Waals surface area contributed by atoms with Crippen molar-refractivity contribution >= 4 is 108 Å². The largest absolute Gasteiger partial charge is 0.375 e. The molecule has 0 saturated heterocycles. The number of fused-ring (bicyclic) bond motifs is 10. The smallest absolute Gasteiger partial charge is 0.329 e. The molecule has 2 aliphatic heterocycles. The molecule has 4 heterocycles. The second-order valence-electron chi connectivity index (χ2n) is 14.3. The van der Waals surface area contributed by atoms with Crippen LogP contribution in [0, 0.1) is 0 Å². The van der Waals surface area contributed by atoms with E-state index in [0.717, 1.165) is 54.1 Å². The number of hydrogen-bond donors (Lipinski definition) is 1. The lowest BCUT2D eigenvalue weighted by Crippen LogP contribution is -2.53. The molecule has 0 amide bonds. The van der Waals surface area contributed by atoms with Crippen molar-refractivity contribution in [1.29, 1.82) is 0 Å². The number of benzene rings is 8. The summed E-state index contributed by atoms with van der Waals surface area (Å²) in [6.07, 6.45) is 0. The maximum Gasteiger partial charge on any atom is 0.329 e. The molecule has 55 heavy (non-hydrogen) atoms. The predicted molar refractivity (Wildman–Crippen MR) is 237 cm³/mol. The van der Waals surface area contributed by atoms with Gasteiger partial charge in [-0.15, -0.1) is 0 Å². The molecule has 10 aromatic rings. The van der Waals surface area contributed by atoms with Gasteiger partial charge < -0.3 is 9.46 Å². The summed E-state index contributed by atoms with van der Waals surface area (Å²) in [5.41, 5.74) is 16.6. The molecule has 0 atom stereocenters. The SMILES string of the molecule is Clc1cc(-c2ccccc2)c2[nH]c3c(-c4ccccc4)cc(Cl)cc3c2c1.Clc1cc2c3c(c1)c1cc(Cl)cc4c1n3B(c1ccccc1-2)c1ccccc1-4. The standard InChI is InChI=1S/C24H12BCl2N.C24H15Cl2N/c26-13-9-17-15-5-1-3-7-21(15)25-22-8-4-2-6-16(22)18-10-14(27)12-20-19(11-13)23(17)28(25)24(18)20;25-17-11-19(15-7-3-1-4-8-15)23-21(13-17)22-14-18(26)12-20(24(22)27-23)16-9-5-2-6-10-16/h1-12H;1-14,27H. The van der Waals surface area contributed by atoms with Crippen LogP contribution < -0.4 is 10.9 Å². The average Bonchev–Trinajstić information content (AvgIpc) is 3.74. The Morgan fingerprint density at radius 1 is 0.364 bits per heavy atom. The Morgan fingerprint density at radius 2 is 0.727 bits per heavy atom. The molecule has 7 heteroatoms. The molecule has 0 saturated carbocycles. The number of aromatic amines is 1. The van der Waals surface area contributed by atoms with Gasteiger partial charge in [-0.25, -0.2) is 0 Å². The van der Waals surface area contributed by atoms with Gasteiger partial charge >= 0.3 is 6.85 Å². The van der Waals surface area contributed by atoms with Gasteiger partial charge in [0.15, 0.2) is 0 Å². The van der Waals surface area contributed by atoms with Crippen molar-refractivity contribution in [2.75, 3.05) is 0 Å². The molecule has 2 aliphatic rings. The number of rotatable bonds is 2.